The van der Waals surface area contributed by atoms with Gasteiger partial charge in [-0.05, 0) is 69.3 Å². The number of nitrogens with zero attached hydrogens (tertiary/aromatic N) is 2. The van der Waals surface area contributed by atoms with Crippen LogP contribution in [0.5, 0.6) is 0 Å². The van der Waals surface area contributed by atoms with Gasteiger partial charge in [-0.25, -0.2) is 0 Å². The Balaban J connectivity index is 0.000000216. The molecule has 2 aromatic heterocycles. The number of hydrogen-bond donors (Lipinski definition) is 4. The fourth-order valence-corrected chi connectivity index (χ4v) is 4.25. The lowest BCUT2D eigenvalue weighted by Crippen LogP contribution is -2.29. The summed E-state index contributed by atoms with van der Waals surface area (Å²) in [5.41, 5.74) is 12.6. The maximum atomic E-state index is 12.2. The summed E-state index contributed by atoms with van der Waals surface area (Å²) in [5.74, 6) is -0.250. The van der Waals surface area contributed by atoms with E-state index in [1.54, 1.807) is 24.7 Å². The molecule has 0 aliphatic heterocycles. The molecule has 5 rings (SSSR count). The molecule has 5 N–H and O–H groups in total. The second-order valence-corrected chi connectivity index (χ2v) is 9.51. The van der Waals surface area contributed by atoms with E-state index in [1.165, 1.54) is 6.08 Å². The van der Waals surface area contributed by atoms with Crippen LogP contribution in [0.4, 0.5) is 0 Å². The van der Waals surface area contributed by atoms with Gasteiger partial charge in [-0.1, -0.05) is 78.9 Å². The van der Waals surface area contributed by atoms with Gasteiger partial charge in [-0.2, -0.15) is 0 Å². The molecule has 212 valence electrons. The Morgan fingerprint density at radius 1 is 0.714 bits per heavy atom. The van der Waals surface area contributed by atoms with Gasteiger partial charge in [-0.15, -0.1) is 0 Å². The zero-order chi connectivity index (χ0) is 29.6. The van der Waals surface area contributed by atoms with Crippen LogP contribution in [0, 0.1) is 0 Å². The van der Waals surface area contributed by atoms with E-state index in [0.717, 1.165) is 38.9 Å². The molecule has 3 aromatic carbocycles. The van der Waals surface area contributed by atoms with Crippen molar-refractivity contribution < 1.29 is 15.0 Å². The van der Waals surface area contributed by atoms with Crippen LogP contribution in [-0.2, 0) is 4.79 Å². The number of aromatic nitrogens is 2. The molecule has 0 aliphatic rings. The van der Waals surface area contributed by atoms with Crippen molar-refractivity contribution in [1.82, 2.24) is 15.3 Å². The van der Waals surface area contributed by atoms with Crippen LogP contribution >= 0.6 is 0 Å². The van der Waals surface area contributed by atoms with Crippen LogP contribution in [0.15, 0.2) is 134 Å². The van der Waals surface area contributed by atoms with Crippen molar-refractivity contribution in [3.63, 3.8) is 0 Å². The normalized spacial score (nSPS) is 12.2. The van der Waals surface area contributed by atoms with E-state index in [0.29, 0.717) is 0 Å². The van der Waals surface area contributed by atoms with Crippen molar-refractivity contribution in [2.45, 2.75) is 12.1 Å². The van der Waals surface area contributed by atoms with E-state index >= 15 is 0 Å². The van der Waals surface area contributed by atoms with E-state index < -0.39 is 6.04 Å². The molecule has 2 atom stereocenters. The monoisotopic (exact) mass is 558 g/mol. The van der Waals surface area contributed by atoms with E-state index in [2.05, 4.69) is 15.3 Å². The van der Waals surface area contributed by atoms with Crippen molar-refractivity contribution >= 4 is 12.0 Å². The summed E-state index contributed by atoms with van der Waals surface area (Å²) >= 11 is 0. The molecule has 1 amide bonds. The fourth-order valence-electron chi connectivity index (χ4n) is 4.25. The highest BCUT2D eigenvalue weighted by molar-refractivity contribution is 5.92. The van der Waals surface area contributed by atoms with Crippen molar-refractivity contribution in [1.29, 1.82) is 0 Å². The third-order valence-corrected chi connectivity index (χ3v) is 6.52. The first-order valence-corrected chi connectivity index (χ1v) is 13.6. The molecular formula is C35H34N4O3. The zero-order valence-electron chi connectivity index (χ0n) is 23.1. The lowest BCUT2D eigenvalue weighted by Gasteiger charge is -2.16. The third kappa shape index (κ3) is 8.78. The first-order chi connectivity index (χ1) is 20.6. The number of hydrogen-bond acceptors (Lipinski definition) is 6. The van der Waals surface area contributed by atoms with Crippen molar-refractivity contribution in [2.75, 3.05) is 13.2 Å². The second-order valence-electron chi connectivity index (χ2n) is 9.51. The summed E-state index contributed by atoms with van der Waals surface area (Å²) in [5, 5.41) is 21.6. The maximum Gasteiger partial charge on any atom is 0.244 e. The van der Waals surface area contributed by atoms with Gasteiger partial charge in [0.1, 0.15) is 0 Å². The van der Waals surface area contributed by atoms with Crippen molar-refractivity contribution in [2.24, 2.45) is 5.73 Å². The quantitative estimate of drug-likeness (QED) is 0.181. The van der Waals surface area contributed by atoms with Crippen LogP contribution in [0.2, 0.25) is 0 Å². The van der Waals surface area contributed by atoms with Gasteiger partial charge < -0.3 is 21.3 Å². The Morgan fingerprint density at radius 2 is 1.29 bits per heavy atom. The average molecular weight is 559 g/mol. The molecule has 0 aliphatic carbocycles. The largest absolute Gasteiger partial charge is 0.394 e. The van der Waals surface area contributed by atoms with Gasteiger partial charge in [0.25, 0.3) is 0 Å². The number of pyridine rings is 2. The molecule has 7 nitrogen and oxygen atoms in total. The number of aliphatic hydroxyl groups excluding tert-OH is 2. The SMILES string of the molecule is NC(CO)c1cccc(-c2cccnc2)c1.O=C(/C=C/c1ccccc1)NC(CO)c1cccc(-c2cccnc2)c1. The molecule has 2 heterocycles. The van der Waals surface area contributed by atoms with Gasteiger partial charge in [0.05, 0.1) is 25.3 Å². The van der Waals surface area contributed by atoms with Gasteiger partial charge in [0.2, 0.25) is 5.91 Å². The molecule has 0 radical (unpaired) electrons. The highest BCUT2D eigenvalue weighted by Crippen LogP contribution is 2.23. The van der Waals surface area contributed by atoms with Crippen molar-refractivity contribution in [3.05, 3.63) is 151 Å². The molecule has 42 heavy (non-hydrogen) atoms. The summed E-state index contributed by atoms with van der Waals surface area (Å²) in [6, 6.07) is 32.1. The van der Waals surface area contributed by atoms with Crippen LogP contribution in [-0.4, -0.2) is 39.3 Å². The van der Waals surface area contributed by atoms with E-state index in [4.69, 9.17) is 10.8 Å². The predicted octanol–water partition coefficient (Wildman–Crippen LogP) is 5.35. The molecule has 0 saturated heterocycles. The van der Waals surface area contributed by atoms with Gasteiger partial charge in [-0.3, -0.25) is 14.8 Å². The first-order valence-electron chi connectivity index (χ1n) is 13.6. The Hall–Kier alpha value is -4.95. The van der Waals surface area contributed by atoms with E-state index in [1.807, 2.05) is 109 Å². The molecule has 0 fully saturated rings. The van der Waals surface area contributed by atoms with Crippen LogP contribution in [0.3, 0.4) is 0 Å². The highest BCUT2D eigenvalue weighted by Gasteiger charge is 2.13. The summed E-state index contributed by atoms with van der Waals surface area (Å²) in [6.07, 6.45) is 10.3. The smallest absolute Gasteiger partial charge is 0.244 e. The summed E-state index contributed by atoms with van der Waals surface area (Å²) in [4.78, 5) is 20.4. The van der Waals surface area contributed by atoms with Crippen molar-refractivity contribution in [3.8, 4) is 22.3 Å². The summed E-state index contributed by atoms with van der Waals surface area (Å²) in [7, 11) is 0. The minimum atomic E-state index is -0.473. The third-order valence-electron chi connectivity index (χ3n) is 6.52. The maximum absolute atomic E-state index is 12.2. The van der Waals surface area contributed by atoms with Gasteiger partial charge >= 0.3 is 0 Å². The Bertz CT molecular complexity index is 1560. The number of amides is 1. The van der Waals surface area contributed by atoms with E-state index in [-0.39, 0.29) is 25.2 Å². The predicted molar refractivity (Wildman–Crippen MR) is 167 cm³/mol. The minimum absolute atomic E-state index is 0.0451. The molecule has 0 saturated carbocycles. The number of aliphatic hydroxyl groups is 2. The molecule has 7 heteroatoms. The first kappa shape index (κ1) is 30.0. The standard InChI is InChI=1S/C22H20N2O2.C13H14N2O/c25-16-21(24-22(26)12-11-17-6-2-1-3-7-17)19-9-4-8-18(14-19)20-10-5-13-23-15-20;14-13(9-16)11-4-1-3-10(7-11)12-5-2-6-15-8-12/h1-15,21,25H,16H2,(H,24,26);1-8,13,16H,9,14H2/b12-11+;. The average Bonchev–Trinajstić information content (AvgIpc) is 3.07. The number of nitrogens with one attached hydrogen (secondary N) is 1. The fraction of sp³-hybridized carbons (Fsp3) is 0.114. The van der Waals surface area contributed by atoms with Crippen LogP contribution in [0.25, 0.3) is 28.3 Å². The zero-order valence-corrected chi connectivity index (χ0v) is 23.1. The summed E-state index contributed by atoms with van der Waals surface area (Å²) in [6.45, 7) is -0.224. The Labute approximate surface area is 246 Å². The molecular weight excluding hydrogens is 524 g/mol. The Kier molecular flexibility index (Phi) is 11.2. The topological polar surface area (TPSA) is 121 Å². The molecule has 2 unspecified atom stereocenters. The van der Waals surface area contributed by atoms with Crippen LogP contribution < -0.4 is 11.1 Å². The number of nitrogens with two attached hydrogens (primary N) is 1. The molecule has 0 bridgehead atoms. The summed E-state index contributed by atoms with van der Waals surface area (Å²) < 4.78 is 0. The number of rotatable bonds is 9. The highest BCUT2D eigenvalue weighted by atomic mass is 16.3. The number of carbonyl (C=O) groups is 1. The lowest BCUT2D eigenvalue weighted by atomic mass is 10.0. The van der Waals surface area contributed by atoms with Gasteiger partial charge in [0.15, 0.2) is 0 Å². The van der Waals surface area contributed by atoms with Gasteiger partial charge in [0, 0.05) is 30.9 Å². The number of benzene rings is 3. The Morgan fingerprint density at radius 3 is 1.83 bits per heavy atom. The molecule has 0 spiro atoms. The number of carbonyl (C=O) groups excluding carboxylic acids is 1. The van der Waals surface area contributed by atoms with Crippen LogP contribution in [0.1, 0.15) is 28.8 Å². The lowest BCUT2D eigenvalue weighted by molar-refractivity contribution is -0.117. The van der Waals surface area contributed by atoms with E-state index in [9.17, 15) is 9.90 Å². The second kappa shape index (κ2) is 15.7. The minimum Gasteiger partial charge on any atom is -0.394 e. The molecule has 5 aromatic rings.